The van der Waals surface area contributed by atoms with Crippen LogP contribution in [0.4, 0.5) is 9.18 Å². The van der Waals surface area contributed by atoms with Gasteiger partial charge in [-0.3, -0.25) is 9.69 Å². The minimum absolute atomic E-state index is 0.197. The van der Waals surface area contributed by atoms with Gasteiger partial charge in [0, 0.05) is 0 Å². The van der Waals surface area contributed by atoms with E-state index in [1.165, 1.54) is 24.3 Å². The van der Waals surface area contributed by atoms with E-state index in [-0.39, 0.29) is 6.54 Å². The van der Waals surface area contributed by atoms with Crippen LogP contribution in [-0.4, -0.2) is 28.5 Å². The van der Waals surface area contributed by atoms with Crippen molar-refractivity contribution in [3.05, 3.63) is 71.0 Å². The molecule has 2 N–H and O–H groups in total. The minimum Gasteiger partial charge on any atom is -0.387 e. The molecule has 0 saturated carbocycles. The molecule has 2 aromatic rings. The molecular weight excluding hydrogens is 323 g/mol. The van der Waals surface area contributed by atoms with Crippen molar-refractivity contribution in [1.29, 1.82) is 0 Å². The lowest BCUT2D eigenvalue weighted by atomic mass is 9.91. The number of urea groups is 1. The van der Waals surface area contributed by atoms with Crippen molar-refractivity contribution >= 4 is 11.9 Å². The van der Waals surface area contributed by atoms with Crippen LogP contribution in [0.2, 0.25) is 0 Å². The third kappa shape index (κ3) is 3.13. The fraction of sp³-hybridized carbons (Fsp3) is 0.263. The number of imide groups is 1. The number of benzene rings is 2. The molecule has 2 unspecified atom stereocenters. The molecular formula is C19H19FN2O3. The first-order chi connectivity index (χ1) is 11.8. The number of amides is 3. The summed E-state index contributed by atoms with van der Waals surface area (Å²) in [7, 11) is 0. The zero-order chi connectivity index (χ0) is 18.2. The highest BCUT2D eigenvalue weighted by atomic mass is 19.1. The molecule has 0 radical (unpaired) electrons. The standard InChI is InChI=1S/C19H19FN2O3/c1-12-3-7-14(8-4-12)19(2)17(24)22(18(25)21-19)11-16(23)13-5-9-15(20)10-6-13/h3-10,16,23H,11H2,1-2H3,(H,21,25). The van der Waals surface area contributed by atoms with Crippen molar-refractivity contribution in [3.8, 4) is 0 Å². The Morgan fingerprint density at radius 2 is 1.72 bits per heavy atom. The number of carbonyl (C=O) groups is 2. The molecule has 0 bridgehead atoms. The van der Waals surface area contributed by atoms with Gasteiger partial charge in [0.15, 0.2) is 0 Å². The first kappa shape index (κ1) is 17.1. The number of hydrogen-bond acceptors (Lipinski definition) is 3. The number of nitrogens with one attached hydrogen (secondary N) is 1. The number of β-amino-alcohol motifs (C(OH)–C–C–N with tert-alkyl or cyclic N) is 1. The molecule has 3 amide bonds. The van der Waals surface area contributed by atoms with Gasteiger partial charge >= 0.3 is 6.03 Å². The van der Waals surface area contributed by atoms with E-state index in [1.54, 1.807) is 19.1 Å². The van der Waals surface area contributed by atoms with E-state index < -0.39 is 29.4 Å². The monoisotopic (exact) mass is 342 g/mol. The molecule has 2 atom stereocenters. The first-order valence-electron chi connectivity index (χ1n) is 7.96. The molecule has 1 aliphatic rings. The maximum atomic E-state index is 13.0. The predicted octanol–water partition coefficient (Wildman–Crippen LogP) is 2.63. The van der Waals surface area contributed by atoms with Gasteiger partial charge in [-0.1, -0.05) is 42.0 Å². The van der Waals surface area contributed by atoms with Gasteiger partial charge in [-0.2, -0.15) is 0 Å². The van der Waals surface area contributed by atoms with Crippen LogP contribution in [0.25, 0.3) is 0 Å². The number of rotatable bonds is 4. The highest BCUT2D eigenvalue weighted by Gasteiger charge is 2.49. The normalized spacial score (nSPS) is 21.4. The van der Waals surface area contributed by atoms with Gasteiger partial charge in [-0.05, 0) is 37.1 Å². The Labute approximate surface area is 145 Å². The van der Waals surface area contributed by atoms with Crippen molar-refractivity contribution in [3.63, 3.8) is 0 Å². The predicted molar refractivity (Wildman–Crippen MR) is 90.1 cm³/mol. The van der Waals surface area contributed by atoms with Crippen LogP contribution >= 0.6 is 0 Å². The fourth-order valence-corrected chi connectivity index (χ4v) is 2.91. The summed E-state index contributed by atoms with van der Waals surface area (Å²) in [6.45, 7) is 3.38. The van der Waals surface area contributed by atoms with Gasteiger partial charge in [0.25, 0.3) is 5.91 Å². The molecule has 2 aromatic carbocycles. The molecule has 1 aliphatic heterocycles. The van der Waals surface area contributed by atoms with E-state index in [1.807, 2.05) is 19.1 Å². The number of aryl methyl sites for hydroxylation is 1. The maximum absolute atomic E-state index is 13.0. The highest BCUT2D eigenvalue weighted by molar-refractivity contribution is 6.07. The SMILES string of the molecule is Cc1ccc(C2(C)NC(=O)N(CC(O)c3ccc(F)cc3)C2=O)cc1. The molecule has 1 saturated heterocycles. The van der Waals surface area contributed by atoms with Gasteiger partial charge < -0.3 is 10.4 Å². The van der Waals surface area contributed by atoms with E-state index in [2.05, 4.69) is 5.32 Å². The van der Waals surface area contributed by atoms with Gasteiger partial charge in [-0.15, -0.1) is 0 Å². The molecule has 130 valence electrons. The Bertz CT molecular complexity index is 804. The summed E-state index contributed by atoms with van der Waals surface area (Å²) in [6, 6.07) is 12.1. The van der Waals surface area contributed by atoms with Gasteiger partial charge in [0.05, 0.1) is 12.6 Å². The smallest absolute Gasteiger partial charge is 0.325 e. The zero-order valence-corrected chi connectivity index (χ0v) is 14.0. The number of aliphatic hydroxyl groups is 1. The number of halogens is 1. The van der Waals surface area contributed by atoms with Crippen LogP contribution in [0, 0.1) is 12.7 Å². The Balaban J connectivity index is 1.81. The molecule has 0 aliphatic carbocycles. The Morgan fingerprint density at radius 1 is 1.12 bits per heavy atom. The van der Waals surface area contributed by atoms with Crippen LogP contribution in [0.1, 0.15) is 29.7 Å². The summed E-state index contributed by atoms with van der Waals surface area (Å²) in [5.41, 5.74) is 0.988. The highest BCUT2D eigenvalue weighted by Crippen LogP contribution is 2.30. The quantitative estimate of drug-likeness (QED) is 0.839. The first-order valence-corrected chi connectivity index (χ1v) is 7.96. The molecule has 5 nitrogen and oxygen atoms in total. The van der Waals surface area contributed by atoms with Crippen LogP contribution in [-0.2, 0) is 10.3 Å². The Morgan fingerprint density at radius 3 is 2.32 bits per heavy atom. The largest absolute Gasteiger partial charge is 0.387 e. The number of aliphatic hydroxyl groups excluding tert-OH is 1. The van der Waals surface area contributed by atoms with Crippen LogP contribution < -0.4 is 5.32 Å². The average Bonchev–Trinajstić information content (AvgIpc) is 2.80. The summed E-state index contributed by atoms with van der Waals surface area (Å²) >= 11 is 0. The molecule has 25 heavy (non-hydrogen) atoms. The summed E-state index contributed by atoms with van der Waals surface area (Å²) in [5, 5.41) is 13.0. The van der Waals surface area contributed by atoms with Crippen molar-refractivity contribution < 1.29 is 19.1 Å². The van der Waals surface area contributed by atoms with E-state index in [0.717, 1.165) is 10.5 Å². The lowest BCUT2D eigenvalue weighted by molar-refractivity contribution is -0.132. The minimum atomic E-state index is -1.17. The molecule has 3 rings (SSSR count). The number of nitrogens with zero attached hydrogens (tertiary/aromatic N) is 1. The zero-order valence-electron chi connectivity index (χ0n) is 14.0. The van der Waals surface area contributed by atoms with E-state index in [0.29, 0.717) is 11.1 Å². The second-order valence-corrected chi connectivity index (χ2v) is 6.40. The van der Waals surface area contributed by atoms with Crippen LogP contribution in [0.5, 0.6) is 0 Å². The van der Waals surface area contributed by atoms with Crippen molar-refractivity contribution in [1.82, 2.24) is 10.2 Å². The van der Waals surface area contributed by atoms with E-state index >= 15 is 0 Å². The summed E-state index contributed by atoms with van der Waals surface area (Å²) in [6.07, 6.45) is -1.09. The molecule has 1 heterocycles. The Hall–Kier alpha value is -2.73. The number of carbonyl (C=O) groups excluding carboxylic acids is 2. The van der Waals surface area contributed by atoms with E-state index in [9.17, 15) is 19.1 Å². The average molecular weight is 342 g/mol. The summed E-state index contributed by atoms with van der Waals surface area (Å²) in [5.74, 6) is -0.847. The Kier molecular flexibility index (Phi) is 4.30. The summed E-state index contributed by atoms with van der Waals surface area (Å²) < 4.78 is 13.0. The number of hydrogen-bond donors (Lipinski definition) is 2. The second-order valence-electron chi connectivity index (χ2n) is 6.40. The van der Waals surface area contributed by atoms with Crippen molar-refractivity contribution in [2.45, 2.75) is 25.5 Å². The fourth-order valence-electron chi connectivity index (χ4n) is 2.91. The molecule has 1 fully saturated rings. The van der Waals surface area contributed by atoms with Gasteiger partial charge in [0.2, 0.25) is 0 Å². The van der Waals surface area contributed by atoms with Gasteiger partial charge in [-0.25, -0.2) is 9.18 Å². The lowest BCUT2D eigenvalue weighted by Crippen LogP contribution is -2.41. The van der Waals surface area contributed by atoms with E-state index in [4.69, 9.17) is 0 Å². The second kappa shape index (κ2) is 6.29. The van der Waals surface area contributed by atoms with Crippen LogP contribution in [0.3, 0.4) is 0 Å². The lowest BCUT2D eigenvalue weighted by Gasteiger charge is -2.23. The van der Waals surface area contributed by atoms with Crippen molar-refractivity contribution in [2.75, 3.05) is 6.54 Å². The third-order valence-corrected chi connectivity index (χ3v) is 4.51. The summed E-state index contributed by atoms with van der Waals surface area (Å²) in [4.78, 5) is 26.1. The maximum Gasteiger partial charge on any atom is 0.325 e. The molecule has 0 spiro atoms. The van der Waals surface area contributed by atoms with Crippen LogP contribution in [0.15, 0.2) is 48.5 Å². The topological polar surface area (TPSA) is 69.6 Å². The molecule has 6 heteroatoms. The molecule has 0 aromatic heterocycles. The van der Waals surface area contributed by atoms with Crippen molar-refractivity contribution in [2.24, 2.45) is 0 Å². The van der Waals surface area contributed by atoms with Gasteiger partial charge in [0.1, 0.15) is 11.4 Å². The third-order valence-electron chi connectivity index (χ3n) is 4.51.